The van der Waals surface area contributed by atoms with Crippen molar-refractivity contribution in [2.24, 2.45) is 5.92 Å². The largest absolute Gasteiger partial charge is 0.389 e. The fourth-order valence-corrected chi connectivity index (χ4v) is 3.10. The summed E-state index contributed by atoms with van der Waals surface area (Å²) in [5.41, 5.74) is 2.46. The van der Waals surface area contributed by atoms with Crippen LogP contribution in [0.25, 0.3) is 10.6 Å². The maximum Gasteiger partial charge on any atom is 0.251 e. The van der Waals surface area contributed by atoms with E-state index in [0.717, 1.165) is 16.3 Å². The van der Waals surface area contributed by atoms with Crippen LogP contribution in [0.5, 0.6) is 0 Å². The van der Waals surface area contributed by atoms with Crippen molar-refractivity contribution in [3.8, 4) is 10.6 Å². The van der Waals surface area contributed by atoms with Gasteiger partial charge in [0.15, 0.2) is 0 Å². The molecule has 1 aromatic carbocycles. The standard InChI is InChI=1S/C18H22N2O3S/c1-12-11-24-18(20-12)15-4-2-3-14(7-15)17(22)19-8-16(21)10-23-9-13-5-6-13/h2-4,7,11,13,16,21H,5-6,8-10H2,1H3,(H,19,22). The number of nitrogens with one attached hydrogen (secondary N) is 1. The second-order valence-corrected chi connectivity index (χ2v) is 7.08. The molecule has 24 heavy (non-hydrogen) atoms. The molecule has 0 aliphatic heterocycles. The number of aliphatic hydroxyl groups is 1. The lowest BCUT2D eigenvalue weighted by Crippen LogP contribution is -2.34. The van der Waals surface area contributed by atoms with E-state index >= 15 is 0 Å². The van der Waals surface area contributed by atoms with Gasteiger partial charge in [-0.3, -0.25) is 4.79 Å². The number of carbonyl (C=O) groups excluding carboxylic acids is 1. The van der Waals surface area contributed by atoms with Gasteiger partial charge in [0.2, 0.25) is 0 Å². The Hall–Kier alpha value is -1.76. The molecule has 1 saturated carbocycles. The average molecular weight is 346 g/mol. The summed E-state index contributed by atoms with van der Waals surface area (Å²) in [6.07, 6.45) is 1.77. The summed E-state index contributed by atoms with van der Waals surface area (Å²) < 4.78 is 5.43. The third-order valence-corrected chi connectivity index (χ3v) is 4.86. The highest BCUT2D eigenvalue weighted by Gasteiger charge is 2.21. The molecule has 5 nitrogen and oxygen atoms in total. The first kappa shape index (κ1) is 17.1. The smallest absolute Gasteiger partial charge is 0.251 e. The highest BCUT2D eigenvalue weighted by Crippen LogP contribution is 2.28. The Kier molecular flexibility index (Phi) is 5.60. The normalized spacial score (nSPS) is 15.2. The van der Waals surface area contributed by atoms with Gasteiger partial charge in [-0.15, -0.1) is 11.3 Å². The molecule has 0 saturated heterocycles. The molecule has 1 amide bonds. The average Bonchev–Trinajstić information content (AvgIpc) is 3.31. The van der Waals surface area contributed by atoms with Gasteiger partial charge in [0, 0.05) is 35.4 Å². The zero-order valence-electron chi connectivity index (χ0n) is 13.7. The highest BCUT2D eigenvalue weighted by molar-refractivity contribution is 7.13. The van der Waals surface area contributed by atoms with E-state index in [9.17, 15) is 9.90 Å². The number of thiazole rings is 1. The number of benzene rings is 1. The number of rotatable bonds is 8. The fraction of sp³-hybridized carbons (Fsp3) is 0.444. The lowest BCUT2D eigenvalue weighted by atomic mass is 10.1. The van der Waals surface area contributed by atoms with Crippen molar-refractivity contribution in [2.75, 3.05) is 19.8 Å². The van der Waals surface area contributed by atoms with Crippen LogP contribution >= 0.6 is 11.3 Å². The minimum Gasteiger partial charge on any atom is -0.389 e. The molecule has 3 rings (SSSR count). The third-order valence-electron chi connectivity index (χ3n) is 3.85. The number of nitrogens with zero attached hydrogens (tertiary/aromatic N) is 1. The first-order chi connectivity index (χ1) is 11.6. The van der Waals surface area contributed by atoms with Gasteiger partial charge in [0.1, 0.15) is 5.01 Å². The monoisotopic (exact) mass is 346 g/mol. The molecule has 1 atom stereocenters. The molecular weight excluding hydrogens is 324 g/mol. The predicted molar refractivity (Wildman–Crippen MR) is 94.2 cm³/mol. The first-order valence-corrected chi connectivity index (χ1v) is 9.06. The van der Waals surface area contributed by atoms with Crippen molar-refractivity contribution in [2.45, 2.75) is 25.9 Å². The lowest BCUT2D eigenvalue weighted by Gasteiger charge is -2.12. The molecule has 1 unspecified atom stereocenters. The highest BCUT2D eigenvalue weighted by atomic mass is 32.1. The minimum atomic E-state index is -0.683. The van der Waals surface area contributed by atoms with Gasteiger partial charge in [-0.2, -0.15) is 0 Å². The number of carbonyl (C=O) groups is 1. The van der Waals surface area contributed by atoms with E-state index < -0.39 is 6.10 Å². The van der Waals surface area contributed by atoms with E-state index in [2.05, 4.69) is 10.3 Å². The number of ether oxygens (including phenoxy) is 1. The summed E-state index contributed by atoms with van der Waals surface area (Å²) in [6, 6.07) is 7.37. The zero-order valence-corrected chi connectivity index (χ0v) is 14.5. The Morgan fingerprint density at radius 2 is 2.33 bits per heavy atom. The van der Waals surface area contributed by atoms with Crippen molar-refractivity contribution in [3.05, 3.63) is 40.9 Å². The van der Waals surface area contributed by atoms with Gasteiger partial charge in [-0.25, -0.2) is 4.98 Å². The third kappa shape index (κ3) is 4.87. The van der Waals surface area contributed by atoms with Crippen molar-refractivity contribution in [1.29, 1.82) is 0 Å². The van der Waals surface area contributed by atoms with Crippen LogP contribution in [0, 0.1) is 12.8 Å². The molecule has 0 spiro atoms. The number of hydrogen-bond acceptors (Lipinski definition) is 5. The van der Waals surface area contributed by atoms with Crippen LogP contribution < -0.4 is 5.32 Å². The second-order valence-electron chi connectivity index (χ2n) is 6.22. The van der Waals surface area contributed by atoms with Crippen molar-refractivity contribution in [3.63, 3.8) is 0 Å². The van der Waals surface area contributed by atoms with E-state index in [1.54, 1.807) is 17.4 Å². The first-order valence-electron chi connectivity index (χ1n) is 8.18. The van der Waals surface area contributed by atoms with Gasteiger partial charge < -0.3 is 15.2 Å². The summed E-state index contributed by atoms with van der Waals surface area (Å²) >= 11 is 1.56. The fourth-order valence-electron chi connectivity index (χ4n) is 2.31. The summed E-state index contributed by atoms with van der Waals surface area (Å²) in [5, 5.41) is 15.5. The number of amides is 1. The number of aliphatic hydroxyl groups excluding tert-OH is 1. The molecule has 6 heteroatoms. The lowest BCUT2D eigenvalue weighted by molar-refractivity contribution is 0.0321. The van der Waals surface area contributed by atoms with Crippen LogP contribution in [-0.4, -0.2) is 41.9 Å². The topological polar surface area (TPSA) is 71.5 Å². The van der Waals surface area contributed by atoms with Gasteiger partial charge in [0.25, 0.3) is 5.91 Å². The van der Waals surface area contributed by atoms with Crippen LogP contribution in [-0.2, 0) is 4.74 Å². The molecule has 128 valence electrons. The van der Waals surface area contributed by atoms with Crippen LogP contribution in [0.3, 0.4) is 0 Å². The van der Waals surface area contributed by atoms with E-state index in [4.69, 9.17) is 4.74 Å². The minimum absolute atomic E-state index is 0.185. The Balaban J connectivity index is 1.50. The van der Waals surface area contributed by atoms with Crippen LogP contribution in [0.2, 0.25) is 0 Å². The van der Waals surface area contributed by atoms with Gasteiger partial charge in [-0.1, -0.05) is 12.1 Å². The molecule has 0 bridgehead atoms. The molecule has 2 N–H and O–H groups in total. The van der Waals surface area contributed by atoms with Crippen molar-refractivity contribution >= 4 is 17.2 Å². The maximum absolute atomic E-state index is 12.2. The SMILES string of the molecule is Cc1csc(-c2cccc(C(=O)NCC(O)COCC3CC3)c2)n1. The number of aryl methyl sites for hydroxylation is 1. The quantitative estimate of drug-likeness (QED) is 0.771. The summed E-state index contributed by atoms with van der Waals surface area (Å²) in [5.74, 6) is 0.468. The van der Waals surface area contributed by atoms with Gasteiger partial charge in [0.05, 0.1) is 12.7 Å². The Morgan fingerprint density at radius 1 is 1.50 bits per heavy atom. The van der Waals surface area contributed by atoms with Crippen LogP contribution in [0.1, 0.15) is 28.9 Å². The van der Waals surface area contributed by atoms with Gasteiger partial charge >= 0.3 is 0 Å². The van der Waals surface area contributed by atoms with Crippen molar-refractivity contribution < 1.29 is 14.6 Å². The number of aromatic nitrogens is 1. The molecule has 1 aromatic heterocycles. The Labute approximate surface area is 145 Å². The molecule has 2 aromatic rings. The Morgan fingerprint density at radius 3 is 3.04 bits per heavy atom. The summed E-state index contributed by atoms with van der Waals surface area (Å²) in [7, 11) is 0. The van der Waals surface area contributed by atoms with Crippen LogP contribution in [0.4, 0.5) is 0 Å². The molecule has 1 aliphatic rings. The second kappa shape index (κ2) is 7.88. The molecule has 1 fully saturated rings. The van der Waals surface area contributed by atoms with E-state index in [1.807, 2.05) is 30.5 Å². The van der Waals surface area contributed by atoms with E-state index in [-0.39, 0.29) is 19.1 Å². The Bertz CT molecular complexity index is 697. The van der Waals surface area contributed by atoms with Gasteiger partial charge in [-0.05, 0) is 37.8 Å². The molecular formula is C18H22N2O3S. The van der Waals surface area contributed by atoms with Crippen LogP contribution in [0.15, 0.2) is 29.6 Å². The molecule has 1 aliphatic carbocycles. The van der Waals surface area contributed by atoms with E-state index in [0.29, 0.717) is 18.1 Å². The number of hydrogen-bond donors (Lipinski definition) is 2. The predicted octanol–water partition coefficient (Wildman–Crippen LogP) is 2.64. The van der Waals surface area contributed by atoms with E-state index in [1.165, 1.54) is 12.8 Å². The zero-order chi connectivity index (χ0) is 16.9. The molecule has 1 heterocycles. The molecule has 0 radical (unpaired) electrons. The summed E-state index contributed by atoms with van der Waals surface area (Å²) in [4.78, 5) is 16.7. The maximum atomic E-state index is 12.2. The van der Waals surface area contributed by atoms with Crippen molar-refractivity contribution in [1.82, 2.24) is 10.3 Å². The summed E-state index contributed by atoms with van der Waals surface area (Å²) in [6.45, 7) is 3.10.